The Morgan fingerprint density at radius 2 is 1.24 bits per heavy atom. The van der Waals surface area contributed by atoms with E-state index >= 15 is 0 Å². The van der Waals surface area contributed by atoms with Crippen LogP contribution in [0.1, 0.15) is 88.1 Å². The molecule has 1 aromatic rings. The molecule has 1 aromatic heterocycles. The highest BCUT2D eigenvalue weighted by atomic mass is 16.6. The average Bonchev–Trinajstić information content (AvgIpc) is 2.76. The van der Waals surface area contributed by atoms with Gasteiger partial charge in [0.25, 0.3) is 0 Å². The van der Waals surface area contributed by atoms with Crippen LogP contribution < -0.4 is 0 Å². The first-order chi connectivity index (χ1) is 15.7. The Bertz CT molecular complexity index is 841. The maximum atomic E-state index is 11.8. The number of rotatable bonds is 4. The predicted molar refractivity (Wildman–Crippen MR) is 124 cm³/mol. The second-order valence-electron chi connectivity index (χ2n) is 10.0. The van der Waals surface area contributed by atoms with Crippen molar-refractivity contribution < 1.29 is 38.1 Å². The van der Waals surface area contributed by atoms with Crippen LogP contribution in [0.3, 0.4) is 0 Å². The van der Waals surface area contributed by atoms with Crippen molar-refractivity contribution in [3.63, 3.8) is 0 Å². The van der Waals surface area contributed by atoms with Crippen LogP contribution >= 0.6 is 0 Å². The van der Waals surface area contributed by atoms with Crippen LogP contribution in [0.25, 0.3) is 0 Å². The molecular formula is C25H37NO8. The van der Waals surface area contributed by atoms with E-state index in [4.69, 9.17) is 14.2 Å². The van der Waals surface area contributed by atoms with Gasteiger partial charge in [-0.15, -0.1) is 0 Å². The second-order valence-corrected chi connectivity index (χ2v) is 10.0. The van der Waals surface area contributed by atoms with E-state index in [0.717, 1.165) is 12.8 Å². The van der Waals surface area contributed by atoms with Crippen LogP contribution in [0.2, 0.25) is 0 Å². The Morgan fingerprint density at radius 1 is 0.735 bits per heavy atom. The molecule has 1 fully saturated rings. The van der Waals surface area contributed by atoms with E-state index in [0.29, 0.717) is 18.4 Å². The molecular weight excluding hydrogens is 442 g/mol. The van der Waals surface area contributed by atoms with Gasteiger partial charge >= 0.3 is 23.9 Å². The van der Waals surface area contributed by atoms with Gasteiger partial charge in [-0.1, -0.05) is 0 Å². The molecule has 1 heterocycles. The number of pyridine rings is 1. The average molecular weight is 480 g/mol. The highest BCUT2D eigenvalue weighted by Crippen LogP contribution is 2.31. The molecule has 0 aromatic carbocycles. The zero-order valence-corrected chi connectivity index (χ0v) is 21.4. The number of nitrogens with zero attached hydrogens (tertiary/aromatic N) is 1. The summed E-state index contributed by atoms with van der Waals surface area (Å²) in [6, 6.07) is 2.90. The molecule has 1 aliphatic rings. The number of methoxy groups -OCH3 is 2. The molecule has 9 nitrogen and oxygen atoms in total. The number of hydrogen-bond acceptors (Lipinski definition) is 9. The molecule has 1 saturated carbocycles. The summed E-state index contributed by atoms with van der Waals surface area (Å²) >= 11 is 0. The van der Waals surface area contributed by atoms with Gasteiger partial charge in [0, 0.05) is 6.20 Å². The number of ether oxygens (including phenoxy) is 4. The van der Waals surface area contributed by atoms with Crippen LogP contribution in [-0.2, 0) is 28.5 Å². The fraction of sp³-hybridized carbons (Fsp3) is 0.640. The van der Waals surface area contributed by atoms with Crippen molar-refractivity contribution in [2.75, 3.05) is 14.2 Å². The topological polar surface area (TPSA) is 118 Å². The summed E-state index contributed by atoms with van der Waals surface area (Å²) in [6.07, 6.45) is 4.15. The SMILES string of the molecule is COC(=O)C1CCC(C(=O)OC(C)(C)C)CC1.COC(=O)c1ccc(C(=O)OC(C)(C)C)nc1. The first kappa shape index (κ1) is 29.1. The molecule has 1 aliphatic carbocycles. The van der Waals surface area contributed by atoms with Crippen molar-refractivity contribution in [3.8, 4) is 0 Å². The van der Waals surface area contributed by atoms with Gasteiger partial charge < -0.3 is 18.9 Å². The largest absolute Gasteiger partial charge is 0.469 e. The van der Waals surface area contributed by atoms with Crippen molar-refractivity contribution in [2.24, 2.45) is 11.8 Å². The van der Waals surface area contributed by atoms with E-state index in [-0.39, 0.29) is 29.5 Å². The first-order valence-corrected chi connectivity index (χ1v) is 11.2. The lowest BCUT2D eigenvalue weighted by molar-refractivity contribution is -0.163. The van der Waals surface area contributed by atoms with Gasteiger partial charge in [-0.3, -0.25) is 9.59 Å². The van der Waals surface area contributed by atoms with Crippen LogP contribution in [0, 0.1) is 11.8 Å². The van der Waals surface area contributed by atoms with E-state index in [1.165, 1.54) is 32.5 Å². The Kier molecular flexibility index (Phi) is 10.7. The zero-order chi connectivity index (χ0) is 26.1. The van der Waals surface area contributed by atoms with Crippen molar-refractivity contribution in [1.29, 1.82) is 0 Å². The number of esters is 4. The third-order valence-electron chi connectivity index (χ3n) is 4.79. The number of carbonyl (C=O) groups is 4. The fourth-order valence-corrected chi connectivity index (χ4v) is 3.20. The van der Waals surface area contributed by atoms with Crippen LogP contribution in [-0.4, -0.2) is 54.3 Å². The van der Waals surface area contributed by atoms with Crippen molar-refractivity contribution >= 4 is 23.9 Å². The lowest BCUT2D eigenvalue weighted by Gasteiger charge is -2.28. The summed E-state index contributed by atoms with van der Waals surface area (Å²) in [6.45, 7) is 10.9. The molecule has 0 aliphatic heterocycles. The molecule has 9 heteroatoms. The fourth-order valence-electron chi connectivity index (χ4n) is 3.20. The van der Waals surface area contributed by atoms with Crippen LogP contribution in [0.5, 0.6) is 0 Å². The van der Waals surface area contributed by atoms with Gasteiger partial charge in [-0.25, -0.2) is 14.6 Å². The van der Waals surface area contributed by atoms with Gasteiger partial charge in [0.05, 0.1) is 31.6 Å². The Balaban J connectivity index is 0.000000340. The molecule has 2 rings (SSSR count). The summed E-state index contributed by atoms with van der Waals surface area (Å²) in [5, 5.41) is 0. The standard InChI is InChI=1S/C13H22O4.C12H15NO4/c1-13(2,3)17-12(15)10-7-5-9(6-8-10)11(14)16-4;1-12(2,3)17-11(15)9-6-5-8(7-13-9)10(14)16-4/h9-10H,5-8H2,1-4H3;5-7H,1-4H3. The van der Waals surface area contributed by atoms with Gasteiger partial charge in [0.2, 0.25) is 0 Å². The third-order valence-corrected chi connectivity index (χ3v) is 4.79. The molecule has 0 saturated heterocycles. The minimum atomic E-state index is -0.570. The first-order valence-electron chi connectivity index (χ1n) is 11.2. The van der Waals surface area contributed by atoms with E-state index in [1.54, 1.807) is 20.8 Å². The summed E-state index contributed by atoms with van der Waals surface area (Å²) in [5.41, 5.74) is -0.553. The summed E-state index contributed by atoms with van der Waals surface area (Å²) < 4.78 is 19.7. The van der Waals surface area contributed by atoms with E-state index in [2.05, 4.69) is 9.72 Å². The van der Waals surface area contributed by atoms with Gasteiger partial charge in [-0.2, -0.15) is 0 Å². The third kappa shape index (κ3) is 10.3. The summed E-state index contributed by atoms with van der Waals surface area (Å²) in [7, 11) is 2.69. The highest BCUT2D eigenvalue weighted by Gasteiger charge is 2.32. The molecule has 190 valence electrons. The Hall–Kier alpha value is -2.97. The highest BCUT2D eigenvalue weighted by molar-refractivity contribution is 5.91. The minimum Gasteiger partial charge on any atom is -0.469 e. The monoisotopic (exact) mass is 479 g/mol. The molecule has 34 heavy (non-hydrogen) atoms. The summed E-state index contributed by atoms with van der Waals surface area (Å²) in [4.78, 5) is 49.8. The van der Waals surface area contributed by atoms with Crippen LogP contribution in [0.15, 0.2) is 18.3 Å². The van der Waals surface area contributed by atoms with Gasteiger partial charge in [0.1, 0.15) is 16.9 Å². The molecule has 0 bridgehead atoms. The maximum absolute atomic E-state index is 11.8. The van der Waals surface area contributed by atoms with Gasteiger partial charge in [-0.05, 0) is 79.4 Å². The van der Waals surface area contributed by atoms with E-state index < -0.39 is 23.1 Å². The molecule has 0 atom stereocenters. The normalized spacial score (nSPS) is 18.0. The quantitative estimate of drug-likeness (QED) is 0.464. The molecule has 0 radical (unpaired) electrons. The van der Waals surface area contributed by atoms with Crippen LogP contribution in [0.4, 0.5) is 0 Å². The lowest BCUT2D eigenvalue weighted by atomic mass is 9.82. The molecule has 0 amide bonds. The smallest absolute Gasteiger partial charge is 0.357 e. The van der Waals surface area contributed by atoms with E-state index in [1.807, 2.05) is 20.8 Å². The Labute approximate surface area is 201 Å². The number of hydrogen-bond donors (Lipinski definition) is 0. The number of aromatic nitrogens is 1. The second kappa shape index (κ2) is 12.5. The van der Waals surface area contributed by atoms with E-state index in [9.17, 15) is 19.2 Å². The summed E-state index contributed by atoms with van der Waals surface area (Å²) in [5.74, 6) is -1.41. The Morgan fingerprint density at radius 3 is 1.62 bits per heavy atom. The zero-order valence-electron chi connectivity index (χ0n) is 21.4. The van der Waals surface area contributed by atoms with Crippen molar-refractivity contribution in [1.82, 2.24) is 4.98 Å². The lowest BCUT2D eigenvalue weighted by Crippen LogP contribution is -2.32. The van der Waals surface area contributed by atoms with Crippen molar-refractivity contribution in [2.45, 2.75) is 78.4 Å². The maximum Gasteiger partial charge on any atom is 0.357 e. The molecule has 0 spiro atoms. The predicted octanol–water partition coefficient (Wildman–Crippen LogP) is 4.13. The van der Waals surface area contributed by atoms with Crippen molar-refractivity contribution in [3.05, 3.63) is 29.6 Å². The molecule has 0 N–H and O–H groups in total. The minimum absolute atomic E-state index is 0.0429. The molecule has 0 unspecified atom stereocenters. The number of carbonyl (C=O) groups excluding carboxylic acids is 4. The van der Waals surface area contributed by atoms with Gasteiger partial charge in [0.15, 0.2) is 0 Å².